The number of amides is 1. The van der Waals surface area contributed by atoms with E-state index in [1.807, 2.05) is 35.2 Å². The van der Waals surface area contributed by atoms with Crippen LogP contribution in [0.2, 0.25) is 0 Å². The van der Waals surface area contributed by atoms with E-state index in [2.05, 4.69) is 52.0 Å². The Hall–Kier alpha value is -2.29. The lowest BCUT2D eigenvalue weighted by atomic mass is 10.0. The van der Waals surface area contributed by atoms with Gasteiger partial charge in [-0.05, 0) is 50.6 Å². The maximum atomic E-state index is 12.7. The Morgan fingerprint density at radius 1 is 1.41 bits per heavy atom. The fraction of sp³-hybridized carbons (Fsp3) is 0.375. The number of amidine groups is 1. The maximum Gasteiger partial charge on any atom is 0.246 e. The van der Waals surface area contributed by atoms with Crippen molar-refractivity contribution in [1.82, 2.24) is 9.80 Å². The van der Waals surface area contributed by atoms with Crippen LogP contribution >= 0.6 is 27.3 Å². The van der Waals surface area contributed by atoms with Crippen molar-refractivity contribution in [3.63, 3.8) is 0 Å². The van der Waals surface area contributed by atoms with Gasteiger partial charge in [-0.1, -0.05) is 35.0 Å². The average molecular weight is 517 g/mol. The number of hydrogen-bond donors (Lipinski definition) is 1. The van der Waals surface area contributed by atoms with Gasteiger partial charge in [0.05, 0.1) is 18.6 Å². The third-order valence-electron chi connectivity index (χ3n) is 5.48. The summed E-state index contributed by atoms with van der Waals surface area (Å²) < 4.78 is 0.958. The molecular formula is C24H30BrN5OS. The average Bonchev–Trinajstić information content (AvgIpc) is 3.19. The number of carbonyl (C=O) groups is 1. The lowest BCUT2D eigenvalue weighted by Gasteiger charge is -2.27. The molecule has 2 aromatic rings. The number of nitrogens with two attached hydrogens (primary N) is 1. The van der Waals surface area contributed by atoms with Crippen molar-refractivity contribution in [2.75, 3.05) is 19.6 Å². The number of nitrogens with zero attached hydrogens (tertiary/aromatic N) is 4. The Bertz CT molecular complexity index is 1030. The highest BCUT2D eigenvalue weighted by atomic mass is 79.9. The molecule has 0 atom stereocenters. The van der Waals surface area contributed by atoms with Gasteiger partial charge in [0.1, 0.15) is 0 Å². The van der Waals surface area contributed by atoms with Gasteiger partial charge in [0.2, 0.25) is 5.91 Å². The number of likely N-dealkylation sites (N-methyl/N-ethyl adjacent to an activating group) is 1. The summed E-state index contributed by atoms with van der Waals surface area (Å²) in [6.07, 6.45) is 5.74. The molecule has 8 heteroatoms. The second kappa shape index (κ2) is 11.5. The van der Waals surface area contributed by atoms with Gasteiger partial charge in [0.25, 0.3) is 0 Å². The van der Waals surface area contributed by atoms with Crippen LogP contribution in [0.15, 0.2) is 56.3 Å². The molecule has 0 aliphatic carbocycles. The van der Waals surface area contributed by atoms with Gasteiger partial charge < -0.3 is 10.6 Å². The fourth-order valence-electron chi connectivity index (χ4n) is 3.70. The van der Waals surface area contributed by atoms with E-state index in [0.29, 0.717) is 25.0 Å². The molecule has 0 spiro atoms. The van der Waals surface area contributed by atoms with E-state index in [1.165, 1.54) is 16.8 Å². The van der Waals surface area contributed by atoms with Crippen molar-refractivity contribution in [1.29, 1.82) is 0 Å². The monoisotopic (exact) mass is 515 g/mol. The Morgan fingerprint density at radius 3 is 2.91 bits per heavy atom. The summed E-state index contributed by atoms with van der Waals surface area (Å²) in [5.74, 6) is 0.657. The van der Waals surface area contributed by atoms with Crippen LogP contribution in [0.25, 0.3) is 0 Å². The summed E-state index contributed by atoms with van der Waals surface area (Å²) in [4.78, 5) is 27.2. The largest absolute Gasteiger partial charge is 0.390 e. The van der Waals surface area contributed by atoms with E-state index in [-0.39, 0.29) is 5.91 Å². The van der Waals surface area contributed by atoms with Crippen LogP contribution in [-0.4, -0.2) is 53.6 Å². The molecular weight excluding hydrogens is 486 g/mol. The molecule has 0 fully saturated rings. The number of thiophene rings is 1. The smallest absolute Gasteiger partial charge is 0.246 e. The van der Waals surface area contributed by atoms with Gasteiger partial charge in [-0.2, -0.15) is 0 Å². The molecule has 1 aliphatic rings. The Kier molecular flexibility index (Phi) is 8.78. The summed E-state index contributed by atoms with van der Waals surface area (Å²) in [5.41, 5.74) is 8.62. The Balaban J connectivity index is 1.74. The number of aliphatic imine (C=N–C) groups is 2. The van der Waals surface area contributed by atoms with Crippen LogP contribution in [0.1, 0.15) is 36.8 Å². The number of rotatable bonds is 7. The van der Waals surface area contributed by atoms with Crippen LogP contribution in [-0.2, 0) is 17.8 Å². The molecule has 32 heavy (non-hydrogen) atoms. The second-order valence-electron chi connectivity index (χ2n) is 7.84. The third kappa shape index (κ3) is 6.15. The molecule has 2 N–H and O–H groups in total. The number of carbonyl (C=O) groups excluding carboxylic acids is 1. The molecule has 3 rings (SSSR count). The minimum Gasteiger partial charge on any atom is -0.390 e. The normalized spacial score (nSPS) is 14.8. The highest BCUT2D eigenvalue weighted by Crippen LogP contribution is 2.31. The van der Waals surface area contributed by atoms with Gasteiger partial charge in [-0.15, -0.1) is 11.3 Å². The van der Waals surface area contributed by atoms with Crippen molar-refractivity contribution < 1.29 is 4.79 Å². The van der Waals surface area contributed by atoms with E-state index in [4.69, 9.17) is 10.7 Å². The van der Waals surface area contributed by atoms with Crippen LogP contribution in [0.5, 0.6) is 0 Å². The predicted octanol–water partition coefficient (Wildman–Crippen LogP) is 4.75. The van der Waals surface area contributed by atoms with Gasteiger partial charge in [0.15, 0.2) is 5.84 Å². The van der Waals surface area contributed by atoms with E-state index >= 15 is 0 Å². The topological polar surface area (TPSA) is 74.3 Å². The SMILES string of the molecule is CCN(C/C=C/C(=O)N1CCc2c(C(N=CN)=Nc3cccc(Br)c3)csc2C1)C(C)C. The summed E-state index contributed by atoms with van der Waals surface area (Å²) in [5, 5.41) is 2.07. The molecule has 0 saturated heterocycles. The number of fused-ring (bicyclic) bond motifs is 1. The number of halogens is 1. The molecule has 0 bridgehead atoms. The number of benzene rings is 1. The van der Waals surface area contributed by atoms with Crippen molar-refractivity contribution in [2.24, 2.45) is 15.7 Å². The van der Waals surface area contributed by atoms with Crippen LogP contribution in [0.3, 0.4) is 0 Å². The minimum atomic E-state index is 0.0633. The molecule has 1 aromatic heterocycles. The minimum absolute atomic E-state index is 0.0633. The van der Waals surface area contributed by atoms with Gasteiger partial charge in [-0.3, -0.25) is 9.69 Å². The second-order valence-corrected chi connectivity index (χ2v) is 9.72. The predicted molar refractivity (Wildman–Crippen MR) is 138 cm³/mol. The lowest BCUT2D eigenvalue weighted by molar-refractivity contribution is -0.126. The van der Waals surface area contributed by atoms with Crippen LogP contribution in [0.4, 0.5) is 5.69 Å². The van der Waals surface area contributed by atoms with Crippen molar-refractivity contribution in [3.8, 4) is 0 Å². The van der Waals surface area contributed by atoms with E-state index in [9.17, 15) is 4.79 Å². The Labute approximate surface area is 202 Å². The highest BCUT2D eigenvalue weighted by molar-refractivity contribution is 9.10. The molecule has 170 valence electrons. The zero-order valence-corrected chi connectivity index (χ0v) is 21.2. The molecule has 6 nitrogen and oxygen atoms in total. The fourth-order valence-corrected chi connectivity index (χ4v) is 5.18. The quantitative estimate of drug-likeness (QED) is 0.328. The van der Waals surface area contributed by atoms with Crippen molar-refractivity contribution in [2.45, 2.75) is 39.8 Å². The third-order valence-corrected chi connectivity index (χ3v) is 6.98. The van der Waals surface area contributed by atoms with Crippen LogP contribution < -0.4 is 5.73 Å². The van der Waals surface area contributed by atoms with E-state index < -0.39 is 0 Å². The summed E-state index contributed by atoms with van der Waals surface area (Å²) in [6.45, 7) is 9.52. The zero-order chi connectivity index (χ0) is 23.1. The van der Waals surface area contributed by atoms with E-state index in [0.717, 1.165) is 35.2 Å². The first-order valence-electron chi connectivity index (χ1n) is 10.8. The van der Waals surface area contributed by atoms with Crippen molar-refractivity contribution in [3.05, 3.63) is 62.3 Å². The molecule has 0 radical (unpaired) electrons. The molecule has 1 aliphatic heterocycles. The number of hydrogen-bond acceptors (Lipinski definition) is 4. The first kappa shape index (κ1) is 24.4. The summed E-state index contributed by atoms with van der Waals surface area (Å²) in [7, 11) is 0. The highest BCUT2D eigenvalue weighted by Gasteiger charge is 2.24. The van der Waals surface area contributed by atoms with Gasteiger partial charge in [-0.25, -0.2) is 9.98 Å². The molecule has 1 aromatic carbocycles. The molecule has 0 unspecified atom stereocenters. The zero-order valence-electron chi connectivity index (χ0n) is 18.8. The molecule has 0 saturated carbocycles. The van der Waals surface area contributed by atoms with Crippen LogP contribution in [0, 0.1) is 0 Å². The first-order valence-corrected chi connectivity index (χ1v) is 12.5. The standard InChI is InChI=1S/C24H30BrN5OS/c1-4-29(17(2)3)11-6-9-23(31)30-12-10-20-21(15-32-22(20)14-30)24(27-16-26)28-19-8-5-7-18(25)13-19/h5-9,13,15-17H,4,10-12,14H2,1-3H3,(H2,26,27,28)/b9-6+. The first-order chi connectivity index (χ1) is 15.4. The maximum absolute atomic E-state index is 12.7. The van der Waals surface area contributed by atoms with Crippen molar-refractivity contribution >= 4 is 51.0 Å². The van der Waals surface area contributed by atoms with E-state index in [1.54, 1.807) is 17.4 Å². The lowest BCUT2D eigenvalue weighted by Crippen LogP contribution is -2.35. The molecule has 1 amide bonds. The summed E-state index contributed by atoms with van der Waals surface area (Å²) >= 11 is 5.13. The van der Waals surface area contributed by atoms with Gasteiger partial charge >= 0.3 is 0 Å². The van der Waals surface area contributed by atoms with Gasteiger partial charge in [0, 0.05) is 45.5 Å². The molecule has 2 heterocycles. The summed E-state index contributed by atoms with van der Waals surface area (Å²) in [6, 6.07) is 8.23. The Morgan fingerprint density at radius 2 is 2.22 bits per heavy atom.